The number of carbonyl (C=O) groups excluding carboxylic acids is 2. The van der Waals surface area contributed by atoms with Gasteiger partial charge >= 0.3 is 5.97 Å². The number of esters is 1. The topological polar surface area (TPSA) is 191 Å². The average molecular weight is 775 g/mol. The third-order valence-corrected chi connectivity index (χ3v) is 12.7. The van der Waals surface area contributed by atoms with Crippen molar-refractivity contribution in [3.8, 4) is 0 Å². The van der Waals surface area contributed by atoms with Crippen LogP contribution in [-0.4, -0.2) is 154 Å². The fraction of sp³-hybridized carbons (Fsp3) is 0.900. The van der Waals surface area contributed by atoms with E-state index in [4.69, 9.17) is 28.4 Å². The lowest BCUT2D eigenvalue weighted by Crippen LogP contribution is -2.64. The van der Waals surface area contributed by atoms with Gasteiger partial charge in [0.15, 0.2) is 18.7 Å². The summed E-state index contributed by atoms with van der Waals surface area (Å²) in [5.74, 6) is -5.04. The number of nitrogens with zero attached hydrogens (tertiary/aromatic N) is 1. The maximum absolute atomic E-state index is 14.2. The number of ketones is 1. The number of hydrogen-bond donors (Lipinski definition) is 5. The van der Waals surface area contributed by atoms with E-state index in [2.05, 4.69) is 6.58 Å². The van der Waals surface area contributed by atoms with Crippen molar-refractivity contribution in [2.75, 3.05) is 27.7 Å². The van der Waals surface area contributed by atoms with Gasteiger partial charge in [-0.15, -0.1) is 0 Å². The summed E-state index contributed by atoms with van der Waals surface area (Å²) in [4.78, 5) is 28.1. The summed E-state index contributed by atoms with van der Waals surface area (Å²) in [6, 6.07) is -0.326. The van der Waals surface area contributed by atoms with Crippen LogP contribution >= 0.6 is 0 Å². The highest BCUT2D eigenvalue weighted by atomic mass is 16.7. The quantitative estimate of drug-likeness (QED) is 0.131. The highest BCUT2D eigenvalue weighted by molar-refractivity contribution is 5.83. The van der Waals surface area contributed by atoms with E-state index in [1.807, 2.05) is 21.0 Å². The minimum absolute atomic E-state index is 0.0871. The van der Waals surface area contributed by atoms with Gasteiger partial charge < -0.3 is 58.4 Å². The van der Waals surface area contributed by atoms with Crippen molar-refractivity contribution in [2.24, 2.45) is 23.7 Å². The molecule has 0 aromatic heterocycles. The van der Waals surface area contributed by atoms with Crippen molar-refractivity contribution in [3.63, 3.8) is 0 Å². The number of likely N-dealkylation sites (N-methyl/N-ethyl adjacent to an activating group) is 1. The molecule has 3 fully saturated rings. The lowest BCUT2D eigenvalue weighted by atomic mass is 9.74. The first kappa shape index (κ1) is 46.8. The Morgan fingerprint density at radius 1 is 0.926 bits per heavy atom. The Hall–Kier alpha value is -1.56. The normalized spacial score (nSPS) is 47.8. The highest BCUT2D eigenvalue weighted by Gasteiger charge is 2.54. The summed E-state index contributed by atoms with van der Waals surface area (Å²) in [6.07, 6.45) is -8.11. The van der Waals surface area contributed by atoms with E-state index in [1.165, 1.54) is 27.9 Å². The second kappa shape index (κ2) is 17.9. The van der Waals surface area contributed by atoms with Crippen molar-refractivity contribution in [1.82, 2.24) is 0 Å². The van der Waals surface area contributed by atoms with Crippen molar-refractivity contribution in [2.45, 2.75) is 179 Å². The summed E-state index contributed by atoms with van der Waals surface area (Å²) >= 11 is 0. The molecule has 0 spiro atoms. The van der Waals surface area contributed by atoms with Gasteiger partial charge in [-0.1, -0.05) is 34.3 Å². The smallest absolute Gasteiger partial charge is 0.311 e. The molecule has 0 saturated carbocycles. The van der Waals surface area contributed by atoms with Gasteiger partial charge in [0.2, 0.25) is 0 Å². The number of rotatable bonds is 9. The molecular weight excluding hydrogens is 702 g/mol. The van der Waals surface area contributed by atoms with Crippen molar-refractivity contribution in [3.05, 3.63) is 12.7 Å². The number of cyclic esters (lactones) is 1. The van der Waals surface area contributed by atoms with Crippen LogP contribution in [0.5, 0.6) is 0 Å². The zero-order chi connectivity index (χ0) is 41.3. The Labute approximate surface area is 322 Å². The lowest BCUT2D eigenvalue weighted by molar-refractivity contribution is -0.916. The van der Waals surface area contributed by atoms with Gasteiger partial charge in [0.25, 0.3) is 0 Å². The molecule has 14 heteroatoms. The van der Waals surface area contributed by atoms with Gasteiger partial charge in [0.1, 0.15) is 29.6 Å². The maximum atomic E-state index is 14.2. The number of methoxy groups -OCH3 is 1. The molecule has 3 heterocycles. The third-order valence-electron chi connectivity index (χ3n) is 12.7. The van der Waals surface area contributed by atoms with E-state index >= 15 is 0 Å². The zero-order valence-electron chi connectivity index (χ0n) is 34.9. The number of Topliss-reactive ketones (excluding diaryl/α,β-unsaturated/α-hetero) is 1. The van der Waals surface area contributed by atoms with Crippen LogP contribution in [0, 0.1) is 23.7 Å². The van der Waals surface area contributed by atoms with Gasteiger partial charge in [-0.3, -0.25) is 9.59 Å². The molecule has 54 heavy (non-hydrogen) atoms. The minimum Gasteiger partial charge on any atom is -0.459 e. The monoisotopic (exact) mass is 774 g/mol. The van der Waals surface area contributed by atoms with Crippen LogP contribution in [0.4, 0.5) is 0 Å². The minimum atomic E-state index is -2.00. The molecule has 5 N–H and O–H groups in total. The number of ether oxygens (including phenoxy) is 6. The molecule has 18 atom stereocenters. The number of hydrogen-bond acceptors (Lipinski definition) is 13. The molecule has 3 saturated heterocycles. The molecule has 0 aromatic carbocycles. The first-order chi connectivity index (χ1) is 24.8. The summed E-state index contributed by atoms with van der Waals surface area (Å²) in [7, 11) is 5.46. The molecule has 0 amide bonds. The Bertz CT molecular complexity index is 1280. The van der Waals surface area contributed by atoms with E-state index < -0.39 is 108 Å². The van der Waals surface area contributed by atoms with Crippen LogP contribution in [0.25, 0.3) is 0 Å². The molecule has 0 radical (unpaired) electrons. The van der Waals surface area contributed by atoms with Gasteiger partial charge in [-0.2, -0.15) is 0 Å². The van der Waals surface area contributed by atoms with Crippen LogP contribution in [0.2, 0.25) is 0 Å². The fourth-order valence-corrected chi connectivity index (χ4v) is 9.06. The molecule has 3 aliphatic heterocycles. The number of quaternary nitrogens is 1. The van der Waals surface area contributed by atoms with Gasteiger partial charge in [-0.25, -0.2) is 0 Å². The average Bonchev–Trinajstić information content (AvgIpc) is 3.09. The van der Waals surface area contributed by atoms with Crippen LogP contribution in [-0.2, 0) is 38.0 Å². The van der Waals surface area contributed by atoms with E-state index in [1.54, 1.807) is 47.6 Å². The highest BCUT2D eigenvalue weighted by Crippen LogP contribution is 2.41. The SMILES string of the molecule is C=CC[N+](C)(C)[C@H]1CC(C)OC(O[C@@H]2[C@@H](C)[C@H](O[C@H]3C[C@@](C)(OC)[C@@H](O)[C@H](C)O3)[C@@H](C)C(=O)O[C@H](CC)[C@@](C)(O)[C@H](O)[C@@H](C)C(=O)[C@H](C)C[C@@]2(C)O)[C@@H]1O. The molecule has 0 bridgehead atoms. The zero-order valence-corrected chi connectivity index (χ0v) is 34.9. The molecule has 0 aromatic rings. The lowest BCUT2D eigenvalue weighted by Gasteiger charge is -2.50. The third kappa shape index (κ3) is 9.93. The predicted octanol–water partition coefficient (Wildman–Crippen LogP) is 2.49. The van der Waals surface area contributed by atoms with E-state index in [0.29, 0.717) is 17.4 Å². The Balaban J connectivity index is 2.20. The second-order valence-electron chi connectivity index (χ2n) is 17.8. The number of aliphatic hydroxyl groups is 5. The number of aliphatic hydroxyl groups excluding tert-OH is 3. The first-order valence-electron chi connectivity index (χ1n) is 19.6. The van der Waals surface area contributed by atoms with Crippen molar-refractivity contribution < 1.29 is 68.0 Å². The van der Waals surface area contributed by atoms with Crippen molar-refractivity contribution in [1.29, 1.82) is 0 Å². The van der Waals surface area contributed by atoms with Crippen LogP contribution in [0.1, 0.15) is 94.9 Å². The molecule has 3 rings (SSSR count). The van der Waals surface area contributed by atoms with Crippen LogP contribution < -0.4 is 0 Å². The van der Waals surface area contributed by atoms with E-state index in [-0.39, 0.29) is 31.4 Å². The molecule has 2 unspecified atom stereocenters. The van der Waals surface area contributed by atoms with Crippen LogP contribution in [0.15, 0.2) is 12.7 Å². The summed E-state index contributed by atoms with van der Waals surface area (Å²) in [5.41, 5.74) is -4.88. The molecule has 314 valence electrons. The molecule has 14 nitrogen and oxygen atoms in total. The van der Waals surface area contributed by atoms with Gasteiger partial charge in [-0.05, 0) is 60.5 Å². The van der Waals surface area contributed by atoms with Gasteiger partial charge in [0.05, 0.1) is 68.3 Å². The Morgan fingerprint density at radius 2 is 1.54 bits per heavy atom. The molecular formula is C40H72NO13+. The summed E-state index contributed by atoms with van der Waals surface area (Å²) < 4.78 is 37.8. The van der Waals surface area contributed by atoms with E-state index in [0.717, 1.165) is 0 Å². The first-order valence-corrected chi connectivity index (χ1v) is 19.6. The Morgan fingerprint density at radius 3 is 2.09 bits per heavy atom. The maximum Gasteiger partial charge on any atom is 0.311 e. The van der Waals surface area contributed by atoms with Gasteiger partial charge in [0, 0.05) is 37.7 Å². The van der Waals surface area contributed by atoms with Crippen LogP contribution in [0.3, 0.4) is 0 Å². The second-order valence-corrected chi connectivity index (χ2v) is 17.8. The molecule has 0 aliphatic carbocycles. The summed E-state index contributed by atoms with van der Waals surface area (Å²) in [5, 5.41) is 58.3. The fourth-order valence-electron chi connectivity index (χ4n) is 9.06. The van der Waals surface area contributed by atoms with Crippen molar-refractivity contribution >= 4 is 11.8 Å². The standard InChI is InChI=1S/C40H72NO13/c1-15-17-41(12,13)27-18-22(4)50-37(31(27)43)54-35-24(6)32(53-29-20-39(10,49-14)34(45)26(8)51-29)25(7)36(46)52-28(16-2)40(11,48)33(44)23(5)30(42)21(3)19-38(35,9)47/h15,21-29,31-35,37,43-45,47-48H,1,16-20H2,2-14H3/q+1/t21-,22?,23+,24+,25-,26+,27+,28-,29+,31-,32+,33-,34+,35-,37?,38-,39-,40-/m1/s1. The van der Waals surface area contributed by atoms with E-state index in [9.17, 15) is 35.1 Å². The number of carbonyl (C=O) groups is 2. The Kier molecular flexibility index (Phi) is 15.5. The predicted molar refractivity (Wildman–Crippen MR) is 200 cm³/mol. The molecule has 3 aliphatic rings. The summed E-state index contributed by atoms with van der Waals surface area (Å²) in [6.45, 7) is 20.8. The largest absolute Gasteiger partial charge is 0.459 e.